The summed E-state index contributed by atoms with van der Waals surface area (Å²) in [6, 6.07) is 0. The highest BCUT2D eigenvalue weighted by molar-refractivity contribution is 7.99. The molecule has 1 rings (SSSR count). The lowest BCUT2D eigenvalue weighted by Gasteiger charge is -2.14. The van der Waals surface area contributed by atoms with E-state index >= 15 is 0 Å². The van der Waals surface area contributed by atoms with Crippen molar-refractivity contribution < 1.29 is 27.5 Å². The number of hydrogen-bond donors (Lipinski definition) is 1. The molecule has 0 aliphatic rings. The third-order valence-electron chi connectivity index (χ3n) is 1.66. The van der Waals surface area contributed by atoms with E-state index < -0.39 is 23.8 Å². The van der Waals surface area contributed by atoms with E-state index in [0.29, 0.717) is 17.5 Å². The molecule has 0 amide bonds. The lowest BCUT2D eigenvalue weighted by atomic mass is 10.2. The van der Waals surface area contributed by atoms with Crippen LogP contribution in [0.3, 0.4) is 0 Å². The third kappa shape index (κ3) is 3.44. The van der Waals surface area contributed by atoms with Gasteiger partial charge in [0.05, 0.1) is 5.69 Å². The SMILES string of the molecule is Cc1coc(SCC(C(=O)O)C(F)(F)F)n1. The highest BCUT2D eigenvalue weighted by Gasteiger charge is 2.45. The van der Waals surface area contributed by atoms with E-state index in [9.17, 15) is 18.0 Å². The first-order valence-electron chi connectivity index (χ1n) is 4.15. The molecule has 0 saturated heterocycles. The van der Waals surface area contributed by atoms with Crippen molar-refractivity contribution in [3.05, 3.63) is 12.0 Å². The van der Waals surface area contributed by atoms with E-state index in [1.54, 1.807) is 6.92 Å². The Morgan fingerprint density at radius 3 is 2.69 bits per heavy atom. The van der Waals surface area contributed by atoms with Crippen LogP contribution >= 0.6 is 11.8 Å². The molecule has 0 radical (unpaired) electrons. The van der Waals surface area contributed by atoms with Gasteiger partial charge in [-0.25, -0.2) is 4.98 Å². The topological polar surface area (TPSA) is 63.3 Å². The van der Waals surface area contributed by atoms with Gasteiger partial charge >= 0.3 is 12.1 Å². The molecule has 8 heteroatoms. The largest absolute Gasteiger partial charge is 0.481 e. The predicted molar refractivity (Wildman–Crippen MR) is 49.1 cm³/mol. The number of carboxylic acid groups (broad SMARTS) is 1. The number of aliphatic carboxylic acids is 1. The Kier molecular flexibility index (Phi) is 3.84. The molecule has 1 unspecified atom stereocenters. The molecule has 1 aromatic heterocycles. The van der Waals surface area contributed by atoms with Gasteiger partial charge in [0.1, 0.15) is 6.26 Å². The van der Waals surface area contributed by atoms with Crippen molar-refractivity contribution in [1.29, 1.82) is 0 Å². The van der Waals surface area contributed by atoms with E-state index in [4.69, 9.17) is 9.52 Å². The Labute approximate surface area is 92.8 Å². The summed E-state index contributed by atoms with van der Waals surface area (Å²) in [5, 5.41) is 8.44. The van der Waals surface area contributed by atoms with E-state index in [-0.39, 0.29) is 5.22 Å². The summed E-state index contributed by atoms with van der Waals surface area (Å²) in [6.07, 6.45) is -3.48. The van der Waals surface area contributed by atoms with Crippen LogP contribution in [0.25, 0.3) is 0 Å². The Bertz CT molecular complexity index is 377. The summed E-state index contributed by atoms with van der Waals surface area (Å²) in [5.74, 6) is -4.97. The van der Waals surface area contributed by atoms with Crippen LogP contribution in [-0.2, 0) is 4.79 Å². The second kappa shape index (κ2) is 4.77. The van der Waals surface area contributed by atoms with Gasteiger partial charge in [-0.3, -0.25) is 4.79 Å². The van der Waals surface area contributed by atoms with Crippen molar-refractivity contribution in [1.82, 2.24) is 4.98 Å². The lowest BCUT2D eigenvalue weighted by Crippen LogP contribution is -2.32. The average Bonchev–Trinajstić information content (AvgIpc) is 2.48. The maximum atomic E-state index is 12.2. The average molecular weight is 255 g/mol. The summed E-state index contributed by atoms with van der Waals surface area (Å²) in [6.45, 7) is 1.62. The Balaban J connectivity index is 2.61. The van der Waals surface area contributed by atoms with Crippen molar-refractivity contribution in [3.8, 4) is 0 Å². The molecule has 1 heterocycles. The molecule has 0 fully saturated rings. The van der Waals surface area contributed by atoms with Gasteiger partial charge < -0.3 is 9.52 Å². The molecule has 1 atom stereocenters. The van der Waals surface area contributed by atoms with Crippen molar-refractivity contribution in [2.75, 3.05) is 5.75 Å². The number of oxazole rings is 1. The summed E-state index contributed by atoms with van der Waals surface area (Å²) >= 11 is 0.626. The van der Waals surface area contributed by atoms with E-state index in [1.165, 1.54) is 6.26 Å². The van der Waals surface area contributed by atoms with Crippen LogP contribution in [0.2, 0.25) is 0 Å². The molecule has 16 heavy (non-hydrogen) atoms. The molecule has 0 bridgehead atoms. The van der Waals surface area contributed by atoms with Gasteiger partial charge in [-0.2, -0.15) is 13.2 Å². The number of halogens is 3. The van der Waals surface area contributed by atoms with E-state index in [2.05, 4.69) is 4.98 Å². The maximum Gasteiger partial charge on any atom is 0.403 e. The van der Waals surface area contributed by atoms with Gasteiger partial charge in [-0.15, -0.1) is 0 Å². The number of carbonyl (C=O) groups is 1. The fourth-order valence-corrected chi connectivity index (χ4v) is 1.82. The van der Waals surface area contributed by atoms with Crippen LogP contribution in [0.1, 0.15) is 5.69 Å². The highest BCUT2D eigenvalue weighted by Crippen LogP contribution is 2.31. The van der Waals surface area contributed by atoms with Crippen LogP contribution in [0.15, 0.2) is 15.9 Å². The minimum absolute atomic E-state index is 0.0352. The molecule has 0 aliphatic heterocycles. The summed E-state index contributed by atoms with van der Waals surface area (Å²) in [4.78, 5) is 14.1. The number of hydrogen-bond acceptors (Lipinski definition) is 4. The third-order valence-corrected chi connectivity index (χ3v) is 2.60. The fraction of sp³-hybridized carbons (Fsp3) is 0.500. The Morgan fingerprint density at radius 2 is 2.31 bits per heavy atom. The number of thioether (sulfide) groups is 1. The molecular weight excluding hydrogens is 247 g/mol. The molecule has 90 valence electrons. The second-order valence-electron chi connectivity index (χ2n) is 3.00. The van der Waals surface area contributed by atoms with Crippen LogP contribution < -0.4 is 0 Å². The quantitative estimate of drug-likeness (QED) is 0.836. The summed E-state index contributed by atoms with van der Waals surface area (Å²) in [5.41, 5.74) is 0.529. The smallest absolute Gasteiger partial charge is 0.403 e. The standard InChI is InChI=1S/C8H8F3NO3S/c1-4-2-15-7(12-4)16-3-5(6(13)14)8(9,10)11/h2,5H,3H2,1H3,(H,13,14). The Hall–Kier alpha value is -1.18. The fourth-order valence-electron chi connectivity index (χ4n) is 0.859. The number of aryl methyl sites for hydroxylation is 1. The minimum atomic E-state index is -4.76. The zero-order valence-electron chi connectivity index (χ0n) is 8.11. The molecule has 1 aromatic rings. The first-order chi connectivity index (χ1) is 7.30. The van der Waals surface area contributed by atoms with Gasteiger partial charge in [-0.1, -0.05) is 11.8 Å². The first kappa shape index (κ1) is 12.9. The van der Waals surface area contributed by atoms with Gasteiger partial charge in [0, 0.05) is 5.75 Å². The molecule has 0 aliphatic carbocycles. The molecule has 4 nitrogen and oxygen atoms in total. The first-order valence-corrected chi connectivity index (χ1v) is 5.13. The highest BCUT2D eigenvalue weighted by atomic mass is 32.2. The number of aromatic nitrogens is 1. The van der Waals surface area contributed by atoms with E-state index in [1.807, 2.05) is 0 Å². The summed E-state index contributed by atoms with van der Waals surface area (Å²) in [7, 11) is 0. The molecule has 1 N–H and O–H groups in total. The molecule has 0 aromatic carbocycles. The molecule has 0 saturated carbocycles. The van der Waals surface area contributed by atoms with Crippen molar-refractivity contribution >= 4 is 17.7 Å². The lowest BCUT2D eigenvalue weighted by molar-refractivity contribution is -0.188. The zero-order valence-corrected chi connectivity index (χ0v) is 8.93. The molecular formula is C8H8F3NO3S. The van der Waals surface area contributed by atoms with E-state index in [0.717, 1.165) is 0 Å². The Morgan fingerprint density at radius 1 is 1.69 bits per heavy atom. The normalized spacial score (nSPS) is 13.8. The minimum Gasteiger partial charge on any atom is -0.481 e. The summed E-state index contributed by atoms with van der Waals surface area (Å²) < 4.78 is 41.5. The maximum absolute atomic E-state index is 12.2. The zero-order chi connectivity index (χ0) is 12.3. The van der Waals surface area contributed by atoms with Crippen LogP contribution in [0.4, 0.5) is 13.2 Å². The van der Waals surface area contributed by atoms with Crippen LogP contribution in [0.5, 0.6) is 0 Å². The molecule has 0 spiro atoms. The number of rotatable bonds is 4. The van der Waals surface area contributed by atoms with Gasteiger partial charge in [0.25, 0.3) is 5.22 Å². The van der Waals surface area contributed by atoms with Gasteiger partial charge in [0.15, 0.2) is 5.92 Å². The monoisotopic (exact) mass is 255 g/mol. The van der Waals surface area contributed by atoms with Crippen LogP contribution in [0, 0.1) is 12.8 Å². The van der Waals surface area contributed by atoms with Crippen molar-refractivity contribution in [3.63, 3.8) is 0 Å². The van der Waals surface area contributed by atoms with Crippen molar-refractivity contribution in [2.45, 2.75) is 18.3 Å². The van der Waals surface area contributed by atoms with Crippen molar-refractivity contribution in [2.24, 2.45) is 5.92 Å². The van der Waals surface area contributed by atoms with Crippen LogP contribution in [-0.4, -0.2) is 28.0 Å². The number of alkyl halides is 3. The predicted octanol–water partition coefficient (Wildman–Crippen LogP) is 2.34. The number of nitrogens with zero attached hydrogens (tertiary/aromatic N) is 1. The van der Waals surface area contributed by atoms with Gasteiger partial charge in [0.2, 0.25) is 0 Å². The second-order valence-corrected chi connectivity index (χ2v) is 3.97. The number of carboxylic acids is 1. The van der Waals surface area contributed by atoms with Gasteiger partial charge in [-0.05, 0) is 6.92 Å².